The fourth-order valence-electron chi connectivity index (χ4n) is 1.67. The summed E-state index contributed by atoms with van der Waals surface area (Å²) in [6.07, 6.45) is -0.766. The molecular weight excluding hydrogens is 304 g/mol. The summed E-state index contributed by atoms with van der Waals surface area (Å²) in [5.41, 5.74) is -0.111. The molecule has 1 aromatic carbocycles. The van der Waals surface area contributed by atoms with Crippen molar-refractivity contribution in [2.45, 2.75) is 19.4 Å². The molecule has 7 heteroatoms. The van der Waals surface area contributed by atoms with Crippen molar-refractivity contribution in [3.05, 3.63) is 47.5 Å². The highest BCUT2D eigenvalue weighted by Crippen LogP contribution is 2.12. The lowest BCUT2D eigenvalue weighted by Gasteiger charge is -2.17. The van der Waals surface area contributed by atoms with E-state index in [9.17, 15) is 14.4 Å². The van der Waals surface area contributed by atoms with E-state index in [1.807, 2.05) is 0 Å². The minimum absolute atomic E-state index is 0.0763. The summed E-state index contributed by atoms with van der Waals surface area (Å²) >= 11 is 0. The van der Waals surface area contributed by atoms with Crippen molar-refractivity contribution >= 4 is 17.9 Å². The van der Waals surface area contributed by atoms with Crippen molar-refractivity contribution in [3.63, 3.8) is 0 Å². The van der Waals surface area contributed by atoms with Crippen LogP contribution >= 0.6 is 0 Å². The van der Waals surface area contributed by atoms with Crippen LogP contribution in [0.15, 0.2) is 36.4 Å². The Morgan fingerprint density at radius 2 is 1.83 bits per heavy atom. The highest BCUT2D eigenvalue weighted by atomic mass is 16.6. The first-order valence-corrected chi connectivity index (χ1v) is 6.83. The minimum Gasteiger partial charge on any atom is -0.478 e. The van der Waals surface area contributed by atoms with E-state index in [0.717, 1.165) is 0 Å². The van der Waals surface area contributed by atoms with Crippen LogP contribution in [0, 0.1) is 0 Å². The molecule has 0 fully saturated rings. The summed E-state index contributed by atoms with van der Waals surface area (Å²) in [5, 5.41) is 18.0. The van der Waals surface area contributed by atoms with Crippen LogP contribution in [0.1, 0.15) is 34.1 Å². The van der Waals surface area contributed by atoms with Gasteiger partial charge in [-0.2, -0.15) is 0 Å². The zero-order valence-corrected chi connectivity index (χ0v) is 12.7. The molecule has 0 saturated carbocycles. The Labute approximate surface area is 133 Å². The van der Waals surface area contributed by atoms with Crippen molar-refractivity contribution in [1.29, 1.82) is 0 Å². The Kier molecular flexibility index (Phi) is 6.95. The molecule has 0 heterocycles. The van der Waals surface area contributed by atoms with Crippen LogP contribution in [-0.2, 0) is 14.3 Å². The van der Waals surface area contributed by atoms with Gasteiger partial charge in [-0.15, -0.1) is 0 Å². The summed E-state index contributed by atoms with van der Waals surface area (Å²) in [4.78, 5) is 34.5. The number of carbonyl (C=O) groups is 3. The second-order valence-electron chi connectivity index (χ2n) is 4.77. The molecule has 0 spiro atoms. The number of benzene rings is 1. The van der Waals surface area contributed by atoms with E-state index < -0.39 is 24.0 Å². The Balaban J connectivity index is 2.74. The lowest BCUT2D eigenvalue weighted by molar-refractivity contribution is -0.147. The van der Waals surface area contributed by atoms with E-state index >= 15 is 0 Å². The Bertz CT molecular complexity index is 606. The summed E-state index contributed by atoms with van der Waals surface area (Å²) in [5.74, 6) is -2.76. The summed E-state index contributed by atoms with van der Waals surface area (Å²) < 4.78 is 10.0. The van der Waals surface area contributed by atoms with Crippen LogP contribution in [-0.4, -0.2) is 47.4 Å². The lowest BCUT2D eigenvalue weighted by atomic mass is 10.1. The van der Waals surface area contributed by atoms with Gasteiger partial charge in [-0.3, -0.25) is 0 Å². The van der Waals surface area contributed by atoms with Crippen LogP contribution < -0.4 is 0 Å². The van der Waals surface area contributed by atoms with Gasteiger partial charge in [0.05, 0.1) is 11.1 Å². The fraction of sp³-hybridized carbons (Fsp3) is 0.312. The molecule has 1 unspecified atom stereocenters. The molecule has 124 valence electrons. The number of aliphatic hydroxyl groups is 1. The standard InChI is InChI=1S/C16H18O7/c1-10(2)15(20)23-11(7-8-17)9-22-16(21)13-6-4-3-5-12(13)14(18)19/h3-6,11,17H,1,7-9H2,2H3,(H,18,19). The molecule has 0 aliphatic rings. The van der Waals surface area contributed by atoms with E-state index in [1.165, 1.54) is 31.2 Å². The number of ether oxygens (including phenoxy) is 2. The van der Waals surface area contributed by atoms with Gasteiger partial charge in [0.15, 0.2) is 0 Å². The summed E-state index contributed by atoms with van der Waals surface area (Å²) in [7, 11) is 0. The lowest BCUT2D eigenvalue weighted by Crippen LogP contribution is -2.27. The number of carbonyl (C=O) groups excluding carboxylic acids is 2. The van der Waals surface area contributed by atoms with Gasteiger partial charge in [-0.1, -0.05) is 18.7 Å². The van der Waals surface area contributed by atoms with Crippen molar-refractivity contribution < 1.29 is 34.1 Å². The molecule has 1 rings (SSSR count). The van der Waals surface area contributed by atoms with Gasteiger partial charge >= 0.3 is 17.9 Å². The molecule has 0 aromatic heterocycles. The number of esters is 2. The molecule has 0 aliphatic carbocycles. The van der Waals surface area contributed by atoms with Gasteiger partial charge in [0.2, 0.25) is 0 Å². The average molecular weight is 322 g/mol. The zero-order valence-electron chi connectivity index (χ0n) is 12.7. The molecular formula is C16H18O7. The van der Waals surface area contributed by atoms with Gasteiger partial charge in [0.25, 0.3) is 0 Å². The van der Waals surface area contributed by atoms with Gasteiger partial charge in [-0.25, -0.2) is 14.4 Å². The van der Waals surface area contributed by atoms with E-state index in [0.29, 0.717) is 0 Å². The smallest absolute Gasteiger partial charge is 0.339 e. The predicted octanol–water partition coefficient (Wildman–Crippen LogP) is 1.41. The number of carboxylic acids is 1. The molecule has 0 aliphatic heterocycles. The SMILES string of the molecule is C=C(C)C(=O)OC(CCO)COC(=O)c1ccccc1C(=O)O. The Morgan fingerprint density at radius 3 is 2.35 bits per heavy atom. The normalized spacial score (nSPS) is 11.4. The minimum atomic E-state index is -1.25. The molecule has 0 bridgehead atoms. The second-order valence-corrected chi connectivity index (χ2v) is 4.77. The predicted molar refractivity (Wildman–Crippen MR) is 80.1 cm³/mol. The van der Waals surface area contributed by atoms with Crippen molar-refractivity contribution in [3.8, 4) is 0 Å². The third kappa shape index (κ3) is 5.55. The number of carboxylic acid groups (broad SMARTS) is 1. The maximum absolute atomic E-state index is 12.0. The number of aliphatic hydroxyl groups excluding tert-OH is 1. The maximum Gasteiger partial charge on any atom is 0.339 e. The molecule has 1 aromatic rings. The molecule has 0 amide bonds. The first-order chi connectivity index (χ1) is 10.9. The van der Waals surface area contributed by atoms with Crippen LogP contribution in [0.4, 0.5) is 0 Å². The van der Waals surface area contributed by atoms with Crippen LogP contribution in [0.5, 0.6) is 0 Å². The third-order valence-electron chi connectivity index (χ3n) is 2.85. The first kappa shape index (κ1) is 18.4. The maximum atomic E-state index is 12.0. The van der Waals surface area contributed by atoms with Gasteiger partial charge in [0.1, 0.15) is 12.7 Å². The van der Waals surface area contributed by atoms with Crippen LogP contribution in [0.2, 0.25) is 0 Å². The van der Waals surface area contributed by atoms with Crippen molar-refractivity contribution in [1.82, 2.24) is 0 Å². The molecule has 0 radical (unpaired) electrons. The third-order valence-corrected chi connectivity index (χ3v) is 2.85. The second kappa shape index (κ2) is 8.70. The average Bonchev–Trinajstić information content (AvgIpc) is 2.52. The highest BCUT2D eigenvalue weighted by molar-refractivity contribution is 6.02. The molecule has 23 heavy (non-hydrogen) atoms. The summed E-state index contributed by atoms with van der Waals surface area (Å²) in [6.45, 7) is 4.33. The Morgan fingerprint density at radius 1 is 1.22 bits per heavy atom. The first-order valence-electron chi connectivity index (χ1n) is 6.83. The molecule has 1 atom stereocenters. The summed E-state index contributed by atoms with van der Waals surface area (Å²) in [6, 6.07) is 5.61. The van der Waals surface area contributed by atoms with Gasteiger partial charge in [-0.05, 0) is 19.1 Å². The monoisotopic (exact) mass is 322 g/mol. The van der Waals surface area contributed by atoms with E-state index in [4.69, 9.17) is 19.7 Å². The number of hydrogen-bond acceptors (Lipinski definition) is 6. The topological polar surface area (TPSA) is 110 Å². The highest BCUT2D eigenvalue weighted by Gasteiger charge is 2.20. The largest absolute Gasteiger partial charge is 0.478 e. The zero-order chi connectivity index (χ0) is 17.4. The molecule has 0 saturated heterocycles. The van der Waals surface area contributed by atoms with Crippen LogP contribution in [0.3, 0.4) is 0 Å². The number of hydrogen-bond donors (Lipinski definition) is 2. The van der Waals surface area contributed by atoms with Crippen molar-refractivity contribution in [2.75, 3.05) is 13.2 Å². The Hall–Kier alpha value is -2.67. The van der Waals surface area contributed by atoms with Crippen LogP contribution in [0.25, 0.3) is 0 Å². The van der Waals surface area contributed by atoms with Gasteiger partial charge < -0.3 is 19.7 Å². The molecule has 7 nitrogen and oxygen atoms in total. The van der Waals surface area contributed by atoms with Gasteiger partial charge in [0, 0.05) is 18.6 Å². The fourth-order valence-corrected chi connectivity index (χ4v) is 1.67. The van der Waals surface area contributed by atoms with Crippen molar-refractivity contribution in [2.24, 2.45) is 0 Å². The quantitative estimate of drug-likeness (QED) is 0.550. The van der Waals surface area contributed by atoms with E-state index in [2.05, 4.69) is 6.58 Å². The number of rotatable bonds is 8. The number of aromatic carboxylic acids is 1. The van der Waals surface area contributed by atoms with E-state index in [1.54, 1.807) is 0 Å². The van der Waals surface area contributed by atoms with E-state index in [-0.39, 0.29) is 36.3 Å². The molecule has 2 N–H and O–H groups in total.